The Kier molecular flexibility index (Phi) is 6.82. The van der Waals surface area contributed by atoms with E-state index in [9.17, 15) is 9.59 Å². The molecule has 3 aromatic rings. The normalized spacial score (nSPS) is 15.0. The minimum absolute atomic E-state index is 0.00656. The number of amides is 2. The fraction of sp³-hybridized carbons (Fsp3) is 0.400. The Labute approximate surface area is 193 Å². The number of imidazole rings is 1. The molecule has 174 valence electrons. The number of fused-ring (bicyclic) bond motifs is 2. The first-order valence-electron chi connectivity index (χ1n) is 11.3. The first-order chi connectivity index (χ1) is 15.9. The third-order valence-electron chi connectivity index (χ3n) is 5.53. The van der Waals surface area contributed by atoms with Crippen LogP contribution in [0.25, 0.3) is 11.0 Å². The lowest BCUT2D eigenvalue weighted by Gasteiger charge is -2.25. The highest BCUT2D eigenvalue weighted by molar-refractivity contribution is 5.93. The number of carbonyl (C=O) groups excluding carboxylic acids is 2. The largest absolute Gasteiger partial charge is 0.485 e. The highest BCUT2D eigenvalue weighted by Gasteiger charge is 2.26. The van der Waals surface area contributed by atoms with Gasteiger partial charge in [0.2, 0.25) is 12.0 Å². The minimum atomic E-state index is -0.653. The van der Waals surface area contributed by atoms with Crippen LogP contribution in [0.2, 0.25) is 0 Å². The average Bonchev–Trinajstić information content (AvgIpc) is 3.10. The third kappa shape index (κ3) is 5.45. The Bertz CT molecular complexity index is 1150. The van der Waals surface area contributed by atoms with E-state index in [2.05, 4.69) is 10.6 Å². The molecule has 1 aliphatic heterocycles. The molecule has 33 heavy (non-hydrogen) atoms. The molecule has 0 aliphatic carbocycles. The van der Waals surface area contributed by atoms with Gasteiger partial charge in [0, 0.05) is 32.1 Å². The van der Waals surface area contributed by atoms with Gasteiger partial charge in [-0.3, -0.25) is 9.59 Å². The number of ether oxygens (including phenoxy) is 2. The summed E-state index contributed by atoms with van der Waals surface area (Å²) in [5.41, 5.74) is 2.59. The van der Waals surface area contributed by atoms with Crippen LogP contribution in [-0.4, -0.2) is 40.6 Å². The van der Waals surface area contributed by atoms with Crippen LogP contribution in [-0.2, 0) is 23.1 Å². The van der Waals surface area contributed by atoms with Crippen molar-refractivity contribution in [1.82, 2.24) is 14.9 Å². The summed E-state index contributed by atoms with van der Waals surface area (Å²) in [5.74, 6) is 2.30. The molecule has 0 fully saturated rings. The number of aryl methyl sites for hydroxylation is 2. The quantitative estimate of drug-likeness (QED) is 0.513. The second kappa shape index (κ2) is 9.94. The maximum atomic E-state index is 12.4. The SMILES string of the molecule is CC(C)CC(=O)Nc1ccc2c(c1)nc(CCCNC(=O)[C@H]1COc3ccccc3O1)n2C. The molecule has 1 atom stereocenters. The van der Waals surface area contributed by atoms with E-state index in [1.807, 2.05) is 61.9 Å². The number of carbonyl (C=O) groups is 2. The molecule has 2 N–H and O–H groups in total. The third-order valence-corrected chi connectivity index (χ3v) is 5.53. The van der Waals surface area contributed by atoms with Gasteiger partial charge in [0.1, 0.15) is 12.4 Å². The zero-order chi connectivity index (χ0) is 23.4. The molecule has 2 heterocycles. The van der Waals surface area contributed by atoms with Crippen LogP contribution in [0.5, 0.6) is 11.5 Å². The molecule has 2 amide bonds. The van der Waals surface area contributed by atoms with Gasteiger partial charge in [-0.05, 0) is 42.7 Å². The number of benzene rings is 2. The number of nitrogens with zero attached hydrogens (tertiary/aromatic N) is 2. The summed E-state index contributed by atoms with van der Waals surface area (Å²) in [7, 11) is 1.98. The van der Waals surface area contributed by atoms with Crippen molar-refractivity contribution in [3.63, 3.8) is 0 Å². The van der Waals surface area contributed by atoms with Crippen LogP contribution in [0.15, 0.2) is 42.5 Å². The van der Waals surface area contributed by atoms with Crippen molar-refractivity contribution in [1.29, 1.82) is 0 Å². The van der Waals surface area contributed by atoms with Gasteiger partial charge < -0.3 is 24.7 Å². The number of hydrogen-bond acceptors (Lipinski definition) is 5. The molecule has 8 heteroatoms. The van der Waals surface area contributed by atoms with Crippen LogP contribution in [0, 0.1) is 5.92 Å². The van der Waals surface area contributed by atoms with E-state index in [4.69, 9.17) is 14.5 Å². The molecule has 8 nitrogen and oxygen atoms in total. The molecule has 1 aliphatic rings. The molecule has 0 radical (unpaired) electrons. The Morgan fingerprint density at radius 2 is 1.97 bits per heavy atom. The van der Waals surface area contributed by atoms with E-state index in [0.717, 1.165) is 29.0 Å². The molecule has 2 aromatic carbocycles. The van der Waals surface area contributed by atoms with Crippen LogP contribution in [0.4, 0.5) is 5.69 Å². The Morgan fingerprint density at radius 3 is 2.76 bits per heavy atom. The number of aromatic nitrogens is 2. The number of nitrogens with one attached hydrogen (secondary N) is 2. The maximum absolute atomic E-state index is 12.4. The summed E-state index contributed by atoms with van der Waals surface area (Å²) >= 11 is 0. The van der Waals surface area contributed by atoms with Crippen LogP contribution < -0.4 is 20.1 Å². The van der Waals surface area contributed by atoms with E-state index >= 15 is 0 Å². The zero-order valence-electron chi connectivity index (χ0n) is 19.3. The molecule has 0 unspecified atom stereocenters. The summed E-state index contributed by atoms with van der Waals surface area (Å²) in [4.78, 5) is 29.2. The summed E-state index contributed by atoms with van der Waals surface area (Å²) in [6, 6.07) is 13.1. The van der Waals surface area contributed by atoms with Gasteiger partial charge in [-0.15, -0.1) is 0 Å². The fourth-order valence-electron chi connectivity index (χ4n) is 3.85. The summed E-state index contributed by atoms with van der Waals surface area (Å²) < 4.78 is 13.4. The van der Waals surface area contributed by atoms with Gasteiger partial charge in [0.15, 0.2) is 11.5 Å². The van der Waals surface area contributed by atoms with Gasteiger partial charge in [-0.25, -0.2) is 4.98 Å². The number of rotatable bonds is 8. The first kappa shape index (κ1) is 22.6. The van der Waals surface area contributed by atoms with Gasteiger partial charge in [-0.1, -0.05) is 26.0 Å². The monoisotopic (exact) mass is 450 g/mol. The van der Waals surface area contributed by atoms with Crippen molar-refractivity contribution in [3.05, 3.63) is 48.3 Å². The van der Waals surface area contributed by atoms with Crippen molar-refractivity contribution in [2.24, 2.45) is 13.0 Å². The highest BCUT2D eigenvalue weighted by atomic mass is 16.6. The predicted octanol–water partition coefficient (Wildman–Crippen LogP) is 3.45. The van der Waals surface area contributed by atoms with Crippen LogP contribution in [0.1, 0.15) is 32.5 Å². The second-order valence-corrected chi connectivity index (χ2v) is 8.70. The lowest BCUT2D eigenvalue weighted by atomic mass is 10.1. The zero-order valence-corrected chi connectivity index (χ0v) is 19.3. The summed E-state index contributed by atoms with van der Waals surface area (Å²) in [6.45, 7) is 4.75. The fourth-order valence-corrected chi connectivity index (χ4v) is 3.85. The van der Waals surface area contributed by atoms with Crippen molar-refractivity contribution in [3.8, 4) is 11.5 Å². The topological polar surface area (TPSA) is 94.5 Å². The Hall–Kier alpha value is -3.55. The molecule has 0 saturated heterocycles. The Balaban J connectivity index is 1.29. The molecule has 0 saturated carbocycles. The molecular weight excluding hydrogens is 420 g/mol. The van der Waals surface area contributed by atoms with Crippen molar-refractivity contribution >= 4 is 28.5 Å². The summed E-state index contributed by atoms with van der Waals surface area (Å²) in [6.07, 6.45) is 1.29. The van der Waals surface area contributed by atoms with E-state index in [1.165, 1.54) is 0 Å². The number of para-hydroxylation sites is 2. The van der Waals surface area contributed by atoms with Crippen LogP contribution in [0.3, 0.4) is 0 Å². The average molecular weight is 451 g/mol. The lowest BCUT2D eigenvalue weighted by Crippen LogP contribution is -2.44. The van der Waals surface area contributed by atoms with E-state index in [0.29, 0.717) is 36.8 Å². The standard InChI is InChI=1S/C25H30N4O4/c1-16(2)13-24(30)27-17-10-11-19-18(14-17)28-23(29(19)3)9-6-12-26-25(31)22-15-32-20-7-4-5-8-21(20)33-22/h4-5,7-8,10-11,14,16,22H,6,9,12-13,15H2,1-3H3,(H,26,31)(H,27,30)/t22-/m1/s1. The van der Waals surface area contributed by atoms with Gasteiger partial charge in [-0.2, -0.15) is 0 Å². The van der Waals surface area contributed by atoms with Gasteiger partial charge >= 0.3 is 0 Å². The highest BCUT2D eigenvalue weighted by Crippen LogP contribution is 2.30. The number of hydrogen-bond donors (Lipinski definition) is 2. The lowest BCUT2D eigenvalue weighted by molar-refractivity contribution is -0.130. The maximum Gasteiger partial charge on any atom is 0.264 e. The van der Waals surface area contributed by atoms with Crippen LogP contribution >= 0.6 is 0 Å². The molecule has 0 bridgehead atoms. The van der Waals surface area contributed by atoms with Gasteiger partial charge in [0.05, 0.1) is 11.0 Å². The first-order valence-corrected chi connectivity index (χ1v) is 11.3. The summed E-state index contributed by atoms with van der Waals surface area (Å²) in [5, 5.41) is 5.86. The Morgan fingerprint density at radius 1 is 1.18 bits per heavy atom. The van der Waals surface area contributed by atoms with Gasteiger partial charge in [0.25, 0.3) is 5.91 Å². The van der Waals surface area contributed by atoms with E-state index in [-0.39, 0.29) is 18.4 Å². The molecular formula is C25H30N4O4. The van der Waals surface area contributed by atoms with Crippen molar-refractivity contribution in [2.45, 2.75) is 39.2 Å². The molecule has 4 rings (SSSR count). The molecule has 1 aromatic heterocycles. The second-order valence-electron chi connectivity index (χ2n) is 8.70. The predicted molar refractivity (Wildman–Crippen MR) is 126 cm³/mol. The van der Waals surface area contributed by atoms with E-state index in [1.54, 1.807) is 6.07 Å². The number of anilines is 1. The molecule has 0 spiro atoms. The van der Waals surface area contributed by atoms with Crippen molar-refractivity contribution < 1.29 is 19.1 Å². The van der Waals surface area contributed by atoms with E-state index < -0.39 is 6.10 Å². The van der Waals surface area contributed by atoms with Crippen molar-refractivity contribution in [2.75, 3.05) is 18.5 Å². The minimum Gasteiger partial charge on any atom is -0.485 e. The smallest absolute Gasteiger partial charge is 0.264 e.